The van der Waals surface area contributed by atoms with Gasteiger partial charge in [-0.25, -0.2) is 0 Å². The van der Waals surface area contributed by atoms with Gasteiger partial charge >= 0.3 is 0 Å². The molecule has 0 saturated carbocycles. The molecule has 100 valence electrons. The maximum Gasteiger partial charge on any atom is 0.246 e. The number of hydrogen-bond donors (Lipinski definition) is 0. The van der Waals surface area contributed by atoms with Crippen molar-refractivity contribution in [1.82, 2.24) is 14.7 Å². The van der Waals surface area contributed by atoms with Gasteiger partial charge in [0.05, 0.1) is 5.69 Å². The summed E-state index contributed by atoms with van der Waals surface area (Å²) in [4.78, 5) is 13.4. The van der Waals surface area contributed by atoms with E-state index in [9.17, 15) is 4.79 Å². The smallest absolute Gasteiger partial charge is 0.246 e. The molecule has 1 atom stereocenters. The van der Waals surface area contributed by atoms with Crippen LogP contribution in [0.25, 0.3) is 11.3 Å². The van der Waals surface area contributed by atoms with Crippen LogP contribution in [0.4, 0.5) is 0 Å². The molecule has 1 aromatic carbocycles. The summed E-state index contributed by atoms with van der Waals surface area (Å²) in [5, 5.41) is 5.13. The van der Waals surface area contributed by atoms with Gasteiger partial charge in [0.1, 0.15) is 6.04 Å². The minimum atomic E-state index is -0.309. The normalized spacial score (nSPS) is 12.2. The highest BCUT2D eigenvalue weighted by Crippen LogP contribution is 2.20. The Morgan fingerprint density at radius 3 is 2.47 bits per heavy atom. The first-order valence-electron chi connectivity index (χ1n) is 6.01. The van der Waals surface area contributed by atoms with E-state index in [0.29, 0.717) is 5.02 Å². The molecule has 0 saturated heterocycles. The fourth-order valence-electron chi connectivity index (χ4n) is 1.82. The van der Waals surface area contributed by atoms with Crippen LogP contribution in [0, 0.1) is 0 Å². The molecule has 0 N–H and O–H groups in total. The van der Waals surface area contributed by atoms with Gasteiger partial charge in [0, 0.05) is 30.9 Å². The lowest BCUT2D eigenvalue weighted by molar-refractivity contribution is -0.131. The third-order valence-corrected chi connectivity index (χ3v) is 3.20. The third kappa shape index (κ3) is 2.96. The molecule has 1 aromatic heterocycles. The Labute approximate surface area is 117 Å². The van der Waals surface area contributed by atoms with Crippen molar-refractivity contribution in [3.05, 3.63) is 41.6 Å². The number of amides is 1. The van der Waals surface area contributed by atoms with Crippen molar-refractivity contribution in [1.29, 1.82) is 0 Å². The first-order valence-corrected chi connectivity index (χ1v) is 6.39. The molecule has 19 heavy (non-hydrogen) atoms. The zero-order valence-corrected chi connectivity index (χ0v) is 11.9. The zero-order valence-electron chi connectivity index (χ0n) is 11.2. The fourth-order valence-corrected chi connectivity index (χ4v) is 1.94. The Balaban J connectivity index is 2.24. The molecule has 0 aliphatic heterocycles. The molecule has 0 spiro atoms. The molecule has 0 unspecified atom stereocenters. The monoisotopic (exact) mass is 277 g/mol. The number of nitrogens with zero attached hydrogens (tertiary/aromatic N) is 3. The van der Waals surface area contributed by atoms with Crippen molar-refractivity contribution in [3.63, 3.8) is 0 Å². The van der Waals surface area contributed by atoms with Crippen LogP contribution in [0.3, 0.4) is 0 Å². The van der Waals surface area contributed by atoms with E-state index in [1.165, 1.54) is 0 Å². The number of hydrogen-bond acceptors (Lipinski definition) is 2. The van der Waals surface area contributed by atoms with Gasteiger partial charge in [-0.2, -0.15) is 5.10 Å². The molecule has 0 radical (unpaired) electrons. The first-order chi connectivity index (χ1) is 8.99. The van der Waals surface area contributed by atoms with E-state index in [1.807, 2.05) is 43.5 Å². The number of halogens is 1. The van der Waals surface area contributed by atoms with Gasteiger partial charge in [-0.05, 0) is 25.1 Å². The second kappa shape index (κ2) is 5.45. The van der Waals surface area contributed by atoms with Gasteiger partial charge < -0.3 is 4.90 Å². The van der Waals surface area contributed by atoms with Gasteiger partial charge in [0.25, 0.3) is 0 Å². The van der Waals surface area contributed by atoms with Crippen molar-refractivity contribution >= 4 is 17.5 Å². The summed E-state index contributed by atoms with van der Waals surface area (Å²) in [6, 6.07) is 9.05. The Kier molecular flexibility index (Phi) is 3.90. The van der Waals surface area contributed by atoms with Crippen molar-refractivity contribution in [3.8, 4) is 11.3 Å². The molecule has 4 nitrogen and oxygen atoms in total. The van der Waals surface area contributed by atoms with Gasteiger partial charge in [0.15, 0.2) is 0 Å². The van der Waals surface area contributed by atoms with E-state index in [1.54, 1.807) is 23.7 Å². The van der Waals surface area contributed by atoms with Crippen LogP contribution in [0.1, 0.15) is 13.0 Å². The van der Waals surface area contributed by atoms with Crippen LogP contribution in [-0.2, 0) is 4.79 Å². The largest absolute Gasteiger partial charge is 0.347 e. The molecule has 5 heteroatoms. The van der Waals surface area contributed by atoms with Gasteiger partial charge in [-0.1, -0.05) is 23.7 Å². The number of carbonyl (C=O) groups excluding carboxylic acids is 1. The van der Waals surface area contributed by atoms with Crippen LogP contribution in [-0.4, -0.2) is 34.7 Å². The molecule has 1 heterocycles. The molecule has 2 rings (SSSR count). The van der Waals surface area contributed by atoms with E-state index >= 15 is 0 Å². The molecule has 0 bridgehead atoms. The second-order valence-corrected chi connectivity index (χ2v) is 5.03. The molecule has 0 aliphatic carbocycles. The Bertz CT molecular complexity index is 575. The zero-order chi connectivity index (χ0) is 14.0. The molecule has 0 fully saturated rings. The molecular weight excluding hydrogens is 262 g/mol. The topological polar surface area (TPSA) is 38.1 Å². The highest BCUT2D eigenvalue weighted by molar-refractivity contribution is 6.30. The maximum atomic E-state index is 11.9. The van der Waals surface area contributed by atoms with Crippen molar-refractivity contribution in [2.24, 2.45) is 0 Å². The van der Waals surface area contributed by atoms with E-state index in [0.717, 1.165) is 11.3 Å². The van der Waals surface area contributed by atoms with Crippen LogP contribution < -0.4 is 0 Å². The lowest BCUT2D eigenvalue weighted by Gasteiger charge is -2.16. The summed E-state index contributed by atoms with van der Waals surface area (Å²) >= 11 is 5.86. The minimum Gasteiger partial charge on any atom is -0.347 e. The van der Waals surface area contributed by atoms with Crippen LogP contribution in [0.15, 0.2) is 36.5 Å². The maximum absolute atomic E-state index is 11.9. The van der Waals surface area contributed by atoms with Crippen molar-refractivity contribution < 1.29 is 4.79 Å². The van der Waals surface area contributed by atoms with E-state index in [4.69, 9.17) is 11.6 Å². The highest BCUT2D eigenvalue weighted by atomic mass is 35.5. The quantitative estimate of drug-likeness (QED) is 0.865. The minimum absolute atomic E-state index is 0.0192. The van der Waals surface area contributed by atoms with Crippen molar-refractivity contribution in [2.45, 2.75) is 13.0 Å². The van der Waals surface area contributed by atoms with Crippen molar-refractivity contribution in [2.75, 3.05) is 14.1 Å². The summed E-state index contributed by atoms with van der Waals surface area (Å²) in [5.41, 5.74) is 1.81. The summed E-state index contributed by atoms with van der Waals surface area (Å²) in [5.74, 6) is 0.0192. The number of likely N-dealkylation sites (N-methyl/N-ethyl adjacent to an activating group) is 1. The first kappa shape index (κ1) is 13.6. The Morgan fingerprint density at radius 2 is 1.89 bits per heavy atom. The molecule has 0 aliphatic rings. The highest BCUT2D eigenvalue weighted by Gasteiger charge is 2.17. The second-order valence-electron chi connectivity index (χ2n) is 4.60. The van der Waals surface area contributed by atoms with Gasteiger partial charge in [0.2, 0.25) is 5.91 Å². The van der Waals surface area contributed by atoms with Gasteiger partial charge in [-0.3, -0.25) is 9.48 Å². The predicted molar refractivity (Wildman–Crippen MR) is 76.1 cm³/mol. The average molecular weight is 278 g/mol. The van der Waals surface area contributed by atoms with E-state index in [-0.39, 0.29) is 11.9 Å². The number of carbonyl (C=O) groups is 1. The molecule has 1 amide bonds. The van der Waals surface area contributed by atoms with Crippen LogP contribution >= 0.6 is 11.6 Å². The summed E-state index contributed by atoms with van der Waals surface area (Å²) in [6.45, 7) is 1.83. The average Bonchev–Trinajstić information content (AvgIpc) is 2.87. The standard InChI is InChI=1S/C14H16ClN3O/c1-10(14(19)17(2)3)18-9-8-13(16-18)11-4-6-12(15)7-5-11/h4-10H,1-3H3/t10-/m0/s1. The molecule has 2 aromatic rings. The predicted octanol–water partition coefficient (Wildman–Crippen LogP) is 2.85. The lowest BCUT2D eigenvalue weighted by Crippen LogP contribution is -2.30. The summed E-state index contributed by atoms with van der Waals surface area (Å²) < 4.78 is 1.67. The van der Waals surface area contributed by atoms with E-state index in [2.05, 4.69) is 5.10 Å². The van der Waals surface area contributed by atoms with Crippen LogP contribution in [0.2, 0.25) is 5.02 Å². The third-order valence-electron chi connectivity index (χ3n) is 2.94. The number of rotatable bonds is 3. The Morgan fingerprint density at radius 1 is 1.26 bits per heavy atom. The van der Waals surface area contributed by atoms with Crippen LogP contribution in [0.5, 0.6) is 0 Å². The summed E-state index contributed by atoms with van der Waals surface area (Å²) in [7, 11) is 3.48. The fraction of sp³-hybridized carbons (Fsp3) is 0.286. The Hall–Kier alpha value is -1.81. The number of benzene rings is 1. The number of aromatic nitrogens is 2. The molecular formula is C14H16ClN3O. The van der Waals surface area contributed by atoms with Gasteiger partial charge in [-0.15, -0.1) is 0 Å². The lowest BCUT2D eigenvalue weighted by atomic mass is 10.2. The van der Waals surface area contributed by atoms with E-state index < -0.39 is 0 Å². The SMILES string of the molecule is C[C@@H](C(=O)N(C)C)n1ccc(-c2ccc(Cl)cc2)n1. The summed E-state index contributed by atoms with van der Waals surface area (Å²) in [6.07, 6.45) is 1.82.